The first kappa shape index (κ1) is 12.5. The molecule has 1 aromatic heterocycles. The van der Waals surface area contributed by atoms with Crippen LogP contribution in [0.2, 0.25) is 5.02 Å². The Bertz CT molecular complexity index is 612. The Kier molecular flexibility index (Phi) is 3.29. The summed E-state index contributed by atoms with van der Waals surface area (Å²) in [5.74, 6) is -1.82. The molecule has 0 radical (unpaired) electrons. The van der Waals surface area contributed by atoms with E-state index in [1.54, 1.807) is 6.92 Å². The SMILES string of the molecule is CCc1nc(C(=O)O)nn1-c1cc(Cl)ccc1F. The summed E-state index contributed by atoms with van der Waals surface area (Å²) in [6.45, 7) is 1.77. The molecular formula is C11H9ClFN3O2. The van der Waals surface area contributed by atoms with E-state index in [2.05, 4.69) is 10.1 Å². The van der Waals surface area contributed by atoms with E-state index in [1.165, 1.54) is 18.2 Å². The minimum absolute atomic E-state index is 0.0827. The van der Waals surface area contributed by atoms with E-state index < -0.39 is 11.8 Å². The van der Waals surface area contributed by atoms with E-state index in [9.17, 15) is 9.18 Å². The Morgan fingerprint density at radius 2 is 2.28 bits per heavy atom. The van der Waals surface area contributed by atoms with Gasteiger partial charge < -0.3 is 5.11 Å². The van der Waals surface area contributed by atoms with Crippen LogP contribution in [0.25, 0.3) is 5.69 Å². The summed E-state index contributed by atoms with van der Waals surface area (Å²) < 4.78 is 14.8. The second kappa shape index (κ2) is 4.73. The molecule has 5 nitrogen and oxygen atoms in total. The summed E-state index contributed by atoms with van der Waals surface area (Å²) in [5.41, 5.74) is 0.0827. The summed E-state index contributed by atoms with van der Waals surface area (Å²) in [7, 11) is 0. The van der Waals surface area contributed by atoms with Crippen LogP contribution in [0, 0.1) is 5.82 Å². The highest BCUT2D eigenvalue weighted by molar-refractivity contribution is 6.30. The van der Waals surface area contributed by atoms with E-state index in [0.29, 0.717) is 17.3 Å². The number of benzene rings is 1. The van der Waals surface area contributed by atoms with Gasteiger partial charge in [0.2, 0.25) is 0 Å². The molecule has 0 saturated heterocycles. The minimum Gasteiger partial charge on any atom is -0.475 e. The number of aromatic carboxylic acids is 1. The summed E-state index contributed by atoms with van der Waals surface area (Å²) in [6, 6.07) is 3.97. The van der Waals surface area contributed by atoms with Gasteiger partial charge >= 0.3 is 5.97 Å². The van der Waals surface area contributed by atoms with Gasteiger partial charge in [-0.2, -0.15) is 0 Å². The van der Waals surface area contributed by atoms with Gasteiger partial charge in [0.05, 0.1) is 0 Å². The highest BCUT2D eigenvalue weighted by Crippen LogP contribution is 2.19. The molecule has 0 aliphatic rings. The van der Waals surface area contributed by atoms with Gasteiger partial charge in [-0.05, 0) is 18.2 Å². The van der Waals surface area contributed by atoms with Gasteiger partial charge in [-0.25, -0.2) is 18.9 Å². The maximum Gasteiger partial charge on any atom is 0.375 e. The molecule has 0 atom stereocenters. The Balaban J connectivity index is 2.62. The highest BCUT2D eigenvalue weighted by atomic mass is 35.5. The molecule has 1 aromatic carbocycles. The van der Waals surface area contributed by atoms with Gasteiger partial charge in [-0.3, -0.25) is 0 Å². The van der Waals surface area contributed by atoms with Crippen LogP contribution in [0.4, 0.5) is 4.39 Å². The number of hydrogen-bond donors (Lipinski definition) is 1. The van der Waals surface area contributed by atoms with Gasteiger partial charge in [-0.1, -0.05) is 18.5 Å². The van der Waals surface area contributed by atoms with Crippen molar-refractivity contribution in [2.75, 3.05) is 0 Å². The van der Waals surface area contributed by atoms with Crippen molar-refractivity contribution in [3.63, 3.8) is 0 Å². The van der Waals surface area contributed by atoms with Gasteiger partial charge in [-0.15, -0.1) is 5.10 Å². The molecule has 0 amide bonds. The highest BCUT2D eigenvalue weighted by Gasteiger charge is 2.17. The number of halogens is 2. The summed E-state index contributed by atoms with van der Waals surface area (Å²) in [5, 5.41) is 12.9. The van der Waals surface area contributed by atoms with E-state index in [-0.39, 0.29) is 11.5 Å². The number of rotatable bonds is 3. The van der Waals surface area contributed by atoms with Crippen molar-refractivity contribution in [1.82, 2.24) is 14.8 Å². The molecular weight excluding hydrogens is 261 g/mol. The normalized spacial score (nSPS) is 10.6. The van der Waals surface area contributed by atoms with Crippen LogP contribution >= 0.6 is 11.6 Å². The average Bonchev–Trinajstić information content (AvgIpc) is 2.76. The van der Waals surface area contributed by atoms with Crippen LogP contribution in [0.1, 0.15) is 23.4 Å². The van der Waals surface area contributed by atoms with E-state index in [1.807, 2.05) is 0 Å². The first-order valence-electron chi connectivity index (χ1n) is 5.17. The second-order valence-electron chi connectivity index (χ2n) is 3.52. The number of nitrogens with zero attached hydrogens (tertiary/aromatic N) is 3. The fourth-order valence-electron chi connectivity index (χ4n) is 1.50. The summed E-state index contributed by atoms with van der Waals surface area (Å²) >= 11 is 5.79. The molecule has 0 spiro atoms. The monoisotopic (exact) mass is 269 g/mol. The fraction of sp³-hybridized carbons (Fsp3) is 0.182. The quantitative estimate of drug-likeness (QED) is 0.928. The minimum atomic E-state index is -1.26. The average molecular weight is 270 g/mol. The van der Waals surface area contributed by atoms with E-state index in [4.69, 9.17) is 16.7 Å². The Morgan fingerprint density at radius 1 is 1.56 bits per heavy atom. The van der Waals surface area contributed by atoms with Crippen LogP contribution in [-0.4, -0.2) is 25.8 Å². The molecule has 1 heterocycles. The number of carboxylic acids is 1. The smallest absolute Gasteiger partial charge is 0.375 e. The lowest BCUT2D eigenvalue weighted by Crippen LogP contribution is -2.05. The van der Waals surface area contributed by atoms with Crippen LogP contribution in [0.3, 0.4) is 0 Å². The third-order valence-electron chi connectivity index (χ3n) is 2.32. The molecule has 94 valence electrons. The molecule has 18 heavy (non-hydrogen) atoms. The van der Waals surface area contributed by atoms with Crippen molar-refractivity contribution in [3.05, 3.63) is 40.7 Å². The first-order valence-corrected chi connectivity index (χ1v) is 5.55. The van der Waals surface area contributed by atoms with Crippen molar-refractivity contribution in [2.45, 2.75) is 13.3 Å². The lowest BCUT2D eigenvalue weighted by molar-refractivity contribution is 0.0683. The van der Waals surface area contributed by atoms with Gasteiger partial charge in [0, 0.05) is 11.4 Å². The van der Waals surface area contributed by atoms with E-state index >= 15 is 0 Å². The zero-order valence-corrected chi connectivity index (χ0v) is 10.1. The lowest BCUT2D eigenvalue weighted by atomic mass is 10.3. The molecule has 2 rings (SSSR count). The molecule has 0 bridgehead atoms. The predicted molar refractivity (Wildman–Crippen MR) is 62.7 cm³/mol. The standard InChI is InChI=1S/C11H9ClFN3O2/c1-2-9-14-10(11(17)18)15-16(9)8-5-6(12)3-4-7(8)13/h3-5H,2H2,1H3,(H,17,18). The Labute approximate surface area is 107 Å². The second-order valence-corrected chi connectivity index (χ2v) is 3.95. The van der Waals surface area contributed by atoms with E-state index in [0.717, 1.165) is 4.68 Å². The number of hydrogen-bond acceptors (Lipinski definition) is 3. The fourth-order valence-corrected chi connectivity index (χ4v) is 1.67. The summed E-state index contributed by atoms with van der Waals surface area (Å²) in [6.07, 6.45) is 0.423. The van der Waals surface area contributed by atoms with Gasteiger partial charge in [0.1, 0.15) is 17.3 Å². The van der Waals surface area contributed by atoms with Gasteiger partial charge in [0.25, 0.3) is 5.82 Å². The molecule has 0 aliphatic heterocycles. The van der Waals surface area contributed by atoms with Crippen LogP contribution in [0.5, 0.6) is 0 Å². The topological polar surface area (TPSA) is 68.0 Å². The molecule has 0 aliphatic carbocycles. The third kappa shape index (κ3) is 2.19. The Morgan fingerprint density at radius 3 is 2.89 bits per heavy atom. The number of aromatic nitrogens is 3. The molecule has 0 saturated carbocycles. The predicted octanol–water partition coefficient (Wildman–Crippen LogP) is 2.32. The number of aryl methyl sites for hydroxylation is 1. The van der Waals surface area contributed by atoms with Gasteiger partial charge in [0.15, 0.2) is 0 Å². The molecule has 2 aromatic rings. The first-order chi connectivity index (χ1) is 8.52. The number of carboxylic acid groups (broad SMARTS) is 1. The largest absolute Gasteiger partial charge is 0.475 e. The molecule has 0 unspecified atom stereocenters. The van der Waals surface area contributed by atoms with Crippen LogP contribution in [-0.2, 0) is 6.42 Å². The zero-order chi connectivity index (χ0) is 13.3. The molecule has 1 N–H and O–H groups in total. The number of carbonyl (C=O) groups is 1. The zero-order valence-electron chi connectivity index (χ0n) is 9.39. The van der Waals surface area contributed by atoms with Crippen molar-refractivity contribution in [2.24, 2.45) is 0 Å². The molecule has 0 fully saturated rings. The van der Waals surface area contributed by atoms with Crippen molar-refractivity contribution < 1.29 is 14.3 Å². The maximum absolute atomic E-state index is 13.7. The third-order valence-corrected chi connectivity index (χ3v) is 2.55. The maximum atomic E-state index is 13.7. The van der Waals surface area contributed by atoms with Crippen molar-refractivity contribution in [1.29, 1.82) is 0 Å². The van der Waals surface area contributed by atoms with Crippen LogP contribution in [0.15, 0.2) is 18.2 Å². The van der Waals surface area contributed by atoms with Crippen molar-refractivity contribution >= 4 is 17.6 Å². The van der Waals surface area contributed by atoms with Crippen LogP contribution < -0.4 is 0 Å². The summed E-state index contributed by atoms with van der Waals surface area (Å²) in [4.78, 5) is 14.6. The molecule has 7 heteroatoms. The lowest BCUT2D eigenvalue weighted by Gasteiger charge is -2.05. The van der Waals surface area contributed by atoms with Crippen molar-refractivity contribution in [3.8, 4) is 5.69 Å². The Hall–Kier alpha value is -1.95.